The van der Waals surface area contributed by atoms with E-state index in [9.17, 15) is 4.79 Å². The summed E-state index contributed by atoms with van der Waals surface area (Å²) in [6.45, 7) is 12.2. The lowest BCUT2D eigenvalue weighted by Gasteiger charge is -2.19. The first kappa shape index (κ1) is 32.3. The summed E-state index contributed by atoms with van der Waals surface area (Å²) >= 11 is 0. The van der Waals surface area contributed by atoms with Gasteiger partial charge in [0.2, 0.25) is 11.7 Å². The van der Waals surface area contributed by atoms with Crippen LogP contribution in [0, 0.1) is 6.92 Å². The molecule has 0 aromatic heterocycles. The number of methoxy groups -OCH3 is 3. The van der Waals surface area contributed by atoms with Crippen molar-refractivity contribution in [2.75, 3.05) is 21.3 Å². The molecule has 1 amide bonds. The van der Waals surface area contributed by atoms with Gasteiger partial charge in [-0.15, -0.1) is 0 Å². The van der Waals surface area contributed by atoms with Crippen LogP contribution in [0.4, 0.5) is 0 Å². The van der Waals surface area contributed by atoms with Crippen LogP contribution in [0.15, 0.2) is 24.3 Å². The van der Waals surface area contributed by atoms with E-state index in [4.69, 9.17) is 14.2 Å². The predicted molar refractivity (Wildman–Crippen MR) is 149 cm³/mol. The highest BCUT2D eigenvalue weighted by atomic mass is 16.5. The molecule has 0 saturated carbocycles. The van der Waals surface area contributed by atoms with Crippen LogP contribution in [-0.4, -0.2) is 27.2 Å². The summed E-state index contributed by atoms with van der Waals surface area (Å²) in [5, 5.41) is 0. The molecular formula is C30H49NO4. The summed E-state index contributed by atoms with van der Waals surface area (Å²) in [5.74, 6) is 1.83. The van der Waals surface area contributed by atoms with Crippen molar-refractivity contribution in [2.45, 2.75) is 92.9 Å². The van der Waals surface area contributed by atoms with Crippen molar-refractivity contribution in [3.63, 3.8) is 0 Å². The number of nitrogens with two attached hydrogens (primary N) is 1. The first-order chi connectivity index (χ1) is 16.7. The SMILES string of the molecule is CC(N)=O.CCCC.CCCCC.COc1cc2c(c(OC)c1OC)-c1ccc(C)cc1CCC2. The minimum absolute atomic E-state index is 0.333. The molecule has 2 aromatic carbocycles. The van der Waals surface area contributed by atoms with Gasteiger partial charge in [0.05, 0.1) is 21.3 Å². The quantitative estimate of drug-likeness (QED) is 0.454. The van der Waals surface area contributed by atoms with E-state index < -0.39 is 0 Å². The van der Waals surface area contributed by atoms with E-state index in [0.29, 0.717) is 5.75 Å². The molecule has 5 heteroatoms. The van der Waals surface area contributed by atoms with Crippen molar-refractivity contribution < 1.29 is 19.0 Å². The van der Waals surface area contributed by atoms with E-state index in [2.05, 4.69) is 64.6 Å². The number of hydrogen-bond donors (Lipinski definition) is 1. The van der Waals surface area contributed by atoms with Crippen LogP contribution in [0.25, 0.3) is 11.1 Å². The molecule has 0 fully saturated rings. The summed E-state index contributed by atoms with van der Waals surface area (Å²) in [6.07, 6.45) is 9.94. The van der Waals surface area contributed by atoms with E-state index in [0.717, 1.165) is 36.3 Å². The van der Waals surface area contributed by atoms with Gasteiger partial charge in [-0.25, -0.2) is 0 Å². The smallest absolute Gasteiger partial charge is 0.214 e. The van der Waals surface area contributed by atoms with Gasteiger partial charge in [-0.05, 0) is 48.9 Å². The Hall–Kier alpha value is -2.69. The Morgan fingerprint density at radius 1 is 0.829 bits per heavy atom. The molecule has 5 nitrogen and oxygen atoms in total. The van der Waals surface area contributed by atoms with Gasteiger partial charge in [-0.1, -0.05) is 83.6 Å². The molecule has 1 aliphatic carbocycles. The summed E-state index contributed by atoms with van der Waals surface area (Å²) < 4.78 is 16.8. The van der Waals surface area contributed by atoms with E-state index >= 15 is 0 Å². The van der Waals surface area contributed by atoms with Gasteiger partial charge in [0.15, 0.2) is 11.5 Å². The second kappa shape index (κ2) is 18.6. The number of unbranched alkanes of at least 4 members (excludes halogenated alkanes) is 3. The highest BCUT2D eigenvalue weighted by molar-refractivity contribution is 5.82. The maximum absolute atomic E-state index is 9.22. The van der Waals surface area contributed by atoms with Crippen LogP contribution < -0.4 is 19.9 Å². The Morgan fingerprint density at radius 3 is 1.80 bits per heavy atom. The molecule has 0 unspecified atom stereocenters. The molecule has 2 aromatic rings. The zero-order valence-corrected chi connectivity index (χ0v) is 23.7. The number of carbonyl (C=O) groups is 1. The zero-order chi connectivity index (χ0) is 26.8. The van der Waals surface area contributed by atoms with Crippen molar-refractivity contribution in [1.29, 1.82) is 0 Å². The normalized spacial score (nSPS) is 10.9. The minimum Gasteiger partial charge on any atom is -0.493 e. The third kappa shape index (κ3) is 11.1. The van der Waals surface area contributed by atoms with Crippen molar-refractivity contribution in [2.24, 2.45) is 5.73 Å². The number of fused-ring (bicyclic) bond motifs is 3. The molecule has 1 aliphatic rings. The van der Waals surface area contributed by atoms with Gasteiger partial charge < -0.3 is 19.9 Å². The van der Waals surface area contributed by atoms with Crippen LogP contribution >= 0.6 is 0 Å². The van der Waals surface area contributed by atoms with Gasteiger partial charge in [0, 0.05) is 12.5 Å². The van der Waals surface area contributed by atoms with E-state index in [-0.39, 0.29) is 5.91 Å². The molecular weight excluding hydrogens is 438 g/mol. The predicted octanol–water partition coefficient (Wildman–Crippen LogP) is 7.67. The monoisotopic (exact) mass is 487 g/mol. The van der Waals surface area contributed by atoms with E-state index in [1.165, 1.54) is 61.3 Å². The van der Waals surface area contributed by atoms with Crippen LogP contribution in [0.3, 0.4) is 0 Å². The van der Waals surface area contributed by atoms with Gasteiger partial charge in [0.25, 0.3) is 0 Å². The Labute approximate surface area is 214 Å². The van der Waals surface area contributed by atoms with Crippen molar-refractivity contribution in [1.82, 2.24) is 0 Å². The summed E-state index contributed by atoms with van der Waals surface area (Å²) in [5.41, 5.74) is 10.8. The molecule has 0 aliphatic heterocycles. The second-order valence-corrected chi connectivity index (χ2v) is 8.66. The van der Waals surface area contributed by atoms with Gasteiger partial charge in [-0.3, -0.25) is 4.79 Å². The number of benzene rings is 2. The van der Waals surface area contributed by atoms with E-state index in [1.54, 1.807) is 21.3 Å². The fraction of sp³-hybridized carbons (Fsp3) is 0.567. The van der Waals surface area contributed by atoms with Crippen LogP contribution in [0.5, 0.6) is 17.2 Å². The lowest BCUT2D eigenvalue weighted by molar-refractivity contribution is -0.115. The Morgan fingerprint density at radius 2 is 1.37 bits per heavy atom. The first-order valence-electron chi connectivity index (χ1n) is 12.9. The van der Waals surface area contributed by atoms with Crippen LogP contribution in [0.1, 0.15) is 89.8 Å². The number of ether oxygens (including phenoxy) is 3. The molecule has 0 heterocycles. The van der Waals surface area contributed by atoms with Crippen LogP contribution in [0.2, 0.25) is 0 Å². The maximum Gasteiger partial charge on any atom is 0.214 e. The Kier molecular flexibility index (Phi) is 17.2. The van der Waals surface area contributed by atoms with Crippen molar-refractivity contribution in [3.05, 3.63) is 41.0 Å². The minimum atomic E-state index is -0.333. The lowest BCUT2D eigenvalue weighted by atomic mass is 9.94. The Balaban J connectivity index is 0.000000739. The average molecular weight is 488 g/mol. The molecule has 0 saturated heterocycles. The fourth-order valence-corrected chi connectivity index (χ4v) is 3.70. The number of primary amides is 1. The molecule has 0 bridgehead atoms. The number of carbonyl (C=O) groups excluding carboxylic acids is 1. The highest BCUT2D eigenvalue weighted by Crippen LogP contribution is 2.49. The van der Waals surface area contributed by atoms with Crippen LogP contribution in [-0.2, 0) is 17.6 Å². The highest BCUT2D eigenvalue weighted by Gasteiger charge is 2.24. The standard InChI is InChI=1S/C19H22O3.C5H12.C4H10.C2H5NO/c1-12-8-9-15-13(10-12)6-5-7-14-11-16(20-2)18(21-3)19(22-4)17(14)15;1-3-5-4-2;1-3-4-2;1-2(3)4/h8-11H,5-7H2,1-4H3;3-5H2,1-2H3;3-4H2,1-2H3;1H3,(H2,3,4). The van der Waals surface area contributed by atoms with Gasteiger partial charge >= 0.3 is 0 Å². The number of hydrogen-bond acceptors (Lipinski definition) is 4. The van der Waals surface area contributed by atoms with Gasteiger partial charge in [0.1, 0.15) is 0 Å². The first-order valence-corrected chi connectivity index (χ1v) is 12.9. The summed E-state index contributed by atoms with van der Waals surface area (Å²) in [7, 11) is 5.01. The number of aryl methyl sites for hydroxylation is 3. The second-order valence-electron chi connectivity index (χ2n) is 8.66. The Bertz CT molecular complexity index is 869. The molecule has 35 heavy (non-hydrogen) atoms. The zero-order valence-electron chi connectivity index (χ0n) is 23.7. The molecule has 198 valence electrons. The third-order valence-electron chi connectivity index (χ3n) is 5.54. The summed E-state index contributed by atoms with van der Waals surface area (Å²) in [6, 6.07) is 8.72. The largest absolute Gasteiger partial charge is 0.493 e. The topological polar surface area (TPSA) is 70.8 Å². The number of rotatable bonds is 6. The third-order valence-corrected chi connectivity index (χ3v) is 5.54. The molecule has 3 rings (SSSR count). The van der Waals surface area contributed by atoms with Crippen molar-refractivity contribution in [3.8, 4) is 28.4 Å². The average Bonchev–Trinajstić information content (AvgIpc) is 3.02. The fourth-order valence-electron chi connectivity index (χ4n) is 3.70. The number of amides is 1. The van der Waals surface area contributed by atoms with E-state index in [1.807, 2.05) is 0 Å². The molecule has 2 N–H and O–H groups in total. The van der Waals surface area contributed by atoms with Gasteiger partial charge in [-0.2, -0.15) is 0 Å². The maximum atomic E-state index is 9.22. The molecule has 0 atom stereocenters. The molecule has 0 spiro atoms. The summed E-state index contributed by atoms with van der Waals surface area (Å²) in [4.78, 5) is 9.22. The lowest BCUT2D eigenvalue weighted by Crippen LogP contribution is -2.01. The van der Waals surface area contributed by atoms with Crippen molar-refractivity contribution >= 4 is 5.91 Å². The molecule has 0 radical (unpaired) electrons.